The minimum Gasteiger partial charge on any atom is -0.489 e. The highest BCUT2D eigenvalue weighted by Gasteiger charge is 2.10. The summed E-state index contributed by atoms with van der Waals surface area (Å²) in [5.74, 6) is -0.967. The molecule has 0 aromatic heterocycles. The lowest BCUT2D eigenvalue weighted by Gasteiger charge is -2.07. The SMILES string of the molecule is O=[N+]([O-])c1cc(F)cc(COc2ccc(Br)c(F)c2)c1. The summed E-state index contributed by atoms with van der Waals surface area (Å²) in [6.07, 6.45) is 0. The van der Waals surface area contributed by atoms with Gasteiger partial charge in [-0.05, 0) is 39.7 Å². The Labute approximate surface area is 121 Å². The largest absolute Gasteiger partial charge is 0.489 e. The molecule has 0 unspecified atom stereocenters. The standard InChI is InChI=1S/C13H8BrF2NO3/c14-12-2-1-11(6-13(12)16)20-7-8-3-9(15)5-10(4-8)17(18)19/h1-6H,7H2. The average molecular weight is 344 g/mol. The topological polar surface area (TPSA) is 52.4 Å². The molecule has 0 aliphatic carbocycles. The van der Waals surface area contributed by atoms with Crippen molar-refractivity contribution in [1.29, 1.82) is 0 Å². The van der Waals surface area contributed by atoms with Gasteiger partial charge in [-0.15, -0.1) is 0 Å². The first-order chi connectivity index (χ1) is 9.45. The lowest BCUT2D eigenvalue weighted by molar-refractivity contribution is -0.385. The van der Waals surface area contributed by atoms with Crippen molar-refractivity contribution in [3.05, 3.63) is 68.2 Å². The number of hydrogen-bond donors (Lipinski definition) is 0. The van der Waals surface area contributed by atoms with E-state index in [0.717, 1.165) is 18.2 Å². The first-order valence-corrected chi connectivity index (χ1v) is 6.27. The minimum atomic E-state index is -0.722. The van der Waals surface area contributed by atoms with Crippen LogP contribution < -0.4 is 4.74 Å². The molecule has 0 aliphatic heterocycles. The molecule has 0 heterocycles. The third-order valence-electron chi connectivity index (χ3n) is 2.45. The number of ether oxygens (including phenoxy) is 1. The van der Waals surface area contributed by atoms with Crippen molar-refractivity contribution in [3.8, 4) is 5.75 Å². The van der Waals surface area contributed by atoms with Crippen LogP contribution in [0, 0.1) is 21.7 Å². The molecule has 0 radical (unpaired) electrons. The number of benzene rings is 2. The molecule has 2 aromatic carbocycles. The number of nitro benzene ring substituents is 1. The van der Waals surface area contributed by atoms with Crippen molar-refractivity contribution in [2.75, 3.05) is 0 Å². The van der Waals surface area contributed by atoms with Crippen molar-refractivity contribution in [1.82, 2.24) is 0 Å². The van der Waals surface area contributed by atoms with Gasteiger partial charge in [0.05, 0.1) is 15.5 Å². The maximum atomic E-state index is 13.3. The zero-order valence-electron chi connectivity index (χ0n) is 9.98. The van der Waals surface area contributed by atoms with Crippen LogP contribution in [-0.2, 0) is 6.61 Å². The van der Waals surface area contributed by atoms with E-state index in [0.29, 0.717) is 10.0 Å². The molecule has 104 valence electrons. The molecule has 2 aromatic rings. The number of non-ortho nitro benzene ring substituents is 1. The van der Waals surface area contributed by atoms with Crippen molar-refractivity contribution < 1.29 is 18.4 Å². The maximum Gasteiger partial charge on any atom is 0.272 e. The molecule has 20 heavy (non-hydrogen) atoms. The number of nitro groups is 1. The van der Waals surface area contributed by atoms with Crippen LogP contribution in [0.15, 0.2) is 40.9 Å². The number of rotatable bonds is 4. The van der Waals surface area contributed by atoms with Crippen molar-refractivity contribution >= 4 is 21.6 Å². The smallest absolute Gasteiger partial charge is 0.272 e. The Balaban J connectivity index is 2.14. The molecule has 2 rings (SSSR count). The molecule has 0 bridgehead atoms. The number of hydrogen-bond acceptors (Lipinski definition) is 3. The molecular formula is C13H8BrF2NO3. The molecule has 0 atom stereocenters. The second kappa shape index (κ2) is 5.96. The highest BCUT2D eigenvalue weighted by Crippen LogP contribution is 2.22. The Kier molecular flexibility index (Phi) is 4.29. The summed E-state index contributed by atoms with van der Waals surface area (Å²) in [6.45, 7) is -0.0975. The first-order valence-electron chi connectivity index (χ1n) is 5.47. The van der Waals surface area contributed by atoms with Crippen LogP contribution in [0.5, 0.6) is 5.75 Å². The normalized spacial score (nSPS) is 10.3. The zero-order chi connectivity index (χ0) is 14.7. The number of nitrogens with zero attached hydrogens (tertiary/aromatic N) is 1. The van der Waals surface area contributed by atoms with Gasteiger partial charge >= 0.3 is 0 Å². The maximum absolute atomic E-state index is 13.3. The fourth-order valence-corrected chi connectivity index (χ4v) is 1.80. The van der Waals surface area contributed by atoms with Gasteiger partial charge in [0.15, 0.2) is 0 Å². The molecule has 0 N–H and O–H groups in total. The molecule has 0 fully saturated rings. The summed E-state index contributed by atoms with van der Waals surface area (Å²) in [6, 6.07) is 7.32. The average Bonchev–Trinajstić information content (AvgIpc) is 2.39. The van der Waals surface area contributed by atoms with E-state index in [9.17, 15) is 18.9 Å². The molecule has 0 spiro atoms. The summed E-state index contributed by atoms with van der Waals surface area (Å²) in [5.41, 5.74) is -0.0642. The molecule has 0 saturated carbocycles. The van der Waals surface area contributed by atoms with E-state index in [1.54, 1.807) is 0 Å². The van der Waals surface area contributed by atoms with Crippen LogP contribution in [0.2, 0.25) is 0 Å². The molecule has 4 nitrogen and oxygen atoms in total. The van der Waals surface area contributed by atoms with E-state index in [1.165, 1.54) is 18.2 Å². The van der Waals surface area contributed by atoms with E-state index < -0.39 is 16.6 Å². The molecule has 0 aliphatic rings. The quantitative estimate of drug-likeness (QED) is 0.617. The minimum absolute atomic E-state index is 0.0975. The van der Waals surface area contributed by atoms with E-state index in [2.05, 4.69) is 15.9 Å². The van der Waals surface area contributed by atoms with Gasteiger partial charge in [0.25, 0.3) is 5.69 Å². The van der Waals surface area contributed by atoms with Gasteiger partial charge in [-0.25, -0.2) is 8.78 Å². The first kappa shape index (κ1) is 14.4. The van der Waals surface area contributed by atoms with Crippen molar-refractivity contribution in [2.24, 2.45) is 0 Å². The van der Waals surface area contributed by atoms with E-state index >= 15 is 0 Å². The highest BCUT2D eigenvalue weighted by atomic mass is 79.9. The van der Waals surface area contributed by atoms with Crippen LogP contribution in [0.1, 0.15) is 5.56 Å². The third-order valence-corrected chi connectivity index (χ3v) is 3.09. The van der Waals surface area contributed by atoms with Gasteiger partial charge < -0.3 is 4.74 Å². The van der Waals surface area contributed by atoms with E-state index in [-0.39, 0.29) is 18.0 Å². The second-order valence-electron chi connectivity index (χ2n) is 3.94. The zero-order valence-corrected chi connectivity index (χ0v) is 11.6. The van der Waals surface area contributed by atoms with Crippen molar-refractivity contribution in [2.45, 2.75) is 6.61 Å². The van der Waals surface area contributed by atoms with Crippen molar-refractivity contribution in [3.63, 3.8) is 0 Å². The summed E-state index contributed by atoms with van der Waals surface area (Å²) in [5, 5.41) is 10.6. The predicted molar refractivity (Wildman–Crippen MR) is 71.5 cm³/mol. The number of halogens is 3. The van der Waals surface area contributed by atoms with Gasteiger partial charge in [-0.3, -0.25) is 10.1 Å². The Morgan fingerprint density at radius 3 is 2.60 bits per heavy atom. The van der Waals surface area contributed by atoms with E-state index in [1.807, 2.05) is 0 Å². The Hall–Kier alpha value is -2.02. The van der Waals surface area contributed by atoms with Crippen LogP contribution in [0.4, 0.5) is 14.5 Å². The van der Waals surface area contributed by atoms with Gasteiger partial charge in [-0.1, -0.05) is 0 Å². The van der Waals surface area contributed by atoms with Crippen LogP contribution >= 0.6 is 15.9 Å². The third kappa shape index (κ3) is 3.51. The Morgan fingerprint density at radius 2 is 1.95 bits per heavy atom. The predicted octanol–water partition coefficient (Wildman–Crippen LogP) is 4.21. The summed E-state index contributed by atoms with van der Waals surface area (Å²) in [4.78, 5) is 9.92. The van der Waals surface area contributed by atoms with Crippen LogP contribution in [0.25, 0.3) is 0 Å². The van der Waals surface area contributed by atoms with Gasteiger partial charge in [0.1, 0.15) is 24.0 Å². The van der Waals surface area contributed by atoms with Gasteiger partial charge in [0.2, 0.25) is 0 Å². The summed E-state index contributed by atoms with van der Waals surface area (Å²) in [7, 11) is 0. The van der Waals surface area contributed by atoms with Crippen LogP contribution in [-0.4, -0.2) is 4.92 Å². The lowest BCUT2D eigenvalue weighted by Crippen LogP contribution is -1.98. The van der Waals surface area contributed by atoms with E-state index in [4.69, 9.17) is 4.74 Å². The van der Waals surface area contributed by atoms with Gasteiger partial charge in [0, 0.05) is 12.1 Å². The Morgan fingerprint density at radius 1 is 1.20 bits per heavy atom. The van der Waals surface area contributed by atoms with Crippen LogP contribution in [0.3, 0.4) is 0 Å². The lowest BCUT2D eigenvalue weighted by atomic mass is 10.2. The molecule has 0 saturated heterocycles. The summed E-state index contributed by atoms with van der Waals surface area (Å²) < 4.78 is 32.0. The Bertz CT molecular complexity index is 664. The molecular weight excluding hydrogens is 336 g/mol. The van der Waals surface area contributed by atoms with Gasteiger partial charge in [-0.2, -0.15) is 0 Å². The highest BCUT2D eigenvalue weighted by molar-refractivity contribution is 9.10. The molecule has 7 heteroatoms. The summed E-state index contributed by atoms with van der Waals surface area (Å²) >= 11 is 3.01. The molecule has 0 amide bonds. The fourth-order valence-electron chi connectivity index (χ4n) is 1.56. The second-order valence-corrected chi connectivity index (χ2v) is 4.79. The fraction of sp³-hybridized carbons (Fsp3) is 0.0769. The monoisotopic (exact) mass is 343 g/mol.